The van der Waals surface area contributed by atoms with E-state index in [9.17, 15) is 0 Å². The first-order chi connectivity index (χ1) is 10.6. The summed E-state index contributed by atoms with van der Waals surface area (Å²) in [5.41, 5.74) is 10.7. The Kier molecular flexibility index (Phi) is 3.85. The van der Waals surface area contributed by atoms with Crippen LogP contribution in [0.3, 0.4) is 0 Å². The lowest BCUT2D eigenvalue weighted by atomic mass is 9.90. The maximum atomic E-state index is 2.31. The molecule has 3 aromatic carbocycles. The molecule has 0 aliphatic heterocycles. The molecule has 0 amide bonds. The van der Waals surface area contributed by atoms with Crippen molar-refractivity contribution >= 4 is 0 Å². The molecular formula is C22H22. The molecule has 0 nitrogen and oxygen atoms in total. The summed E-state index contributed by atoms with van der Waals surface area (Å²) < 4.78 is 0. The van der Waals surface area contributed by atoms with E-state index in [2.05, 4.69) is 88.4 Å². The molecule has 0 saturated carbocycles. The van der Waals surface area contributed by atoms with Crippen molar-refractivity contribution in [1.29, 1.82) is 0 Å². The third kappa shape index (κ3) is 2.57. The molecule has 22 heavy (non-hydrogen) atoms. The van der Waals surface area contributed by atoms with E-state index in [1.165, 1.54) is 44.5 Å². The smallest absolute Gasteiger partial charge is 0.0149 e. The summed E-state index contributed by atoms with van der Waals surface area (Å²) in [4.78, 5) is 0. The second kappa shape index (κ2) is 5.81. The third-order valence-corrected chi connectivity index (χ3v) is 4.78. The van der Waals surface area contributed by atoms with Gasteiger partial charge >= 0.3 is 0 Å². The largest absolute Gasteiger partial charge is 0.0622 e. The second-order valence-electron chi connectivity index (χ2n) is 6.06. The number of hydrogen-bond donors (Lipinski definition) is 0. The molecule has 0 atom stereocenters. The Labute approximate surface area is 133 Å². The molecule has 0 bridgehead atoms. The normalized spacial score (nSPS) is 10.7. The van der Waals surface area contributed by atoms with Gasteiger partial charge in [-0.15, -0.1) is 0 Å². The van der Waals surface area contributed by atoms with Gasteiger partial charge in [0.05, 0.1) is 0 Å². The van der Waals surface area contributed by atoms with Crippen molar-refractivity contribution in [3.63, 3.8) is 0 Å². The molecule has 0 spiro atoms. The number of benzene rings is 3. The highest BCUT2D eigenvalue weighted by atomic mass is 14.1. The molecule has 0 aliphatic rings. The summed E-state index contributed by atoms with van der Waals surface area (Å²) in [5, 5.41) is 0. The number of hydrogen-bond acceptors (Lipinski definition) is 0. The molecule has 110 valence electrons. The van der Waals surface area contributed by atoms with Gasteiger partial charge in [0.25, 0.3) is 0 Å². The number of aryl methyl sites for hydroxylation is 1. The summed E-state index contributed by atoms with van der Waals surface area (Å²) in [6.45, 7) is 8.85. The van der Waals surface area contributed by atoms with Gasteiger partial charge in [-0.2, -0.15) is 0 Å². The van der Waals surface area contributed by atoms with Crippen LogP contribution in [-0.2, 0) is 0 Å². The molecular weight excluding hydrogens is 264 g/mol. The quantitative estimate of drug-likeness (QED) is 0.522. The molecule has 0 heteroatoms. The van der Waals surface area contributed by atoms with Crippen LogP contribution in [0.5, 0.6) is 0 Å². The summed E-state index contributed by atoms with van der Waals surface area (Å²) in [6.07, 6.45) is 0. The maximum absolute atomic E-state index is 2.31. The van der Waals surface area contributed by atoms with E-state index in [1.807, 2.05) is 0 Å². The van der Waals surface area contributed by atoms with Crippen LogP contribution in [0.25, 0.3) is 22.3 Å². The lowest BCUT2D eigenvalue weighted by Gasteiger charge is -2.15. The van der Waals surface area contributed by atoms with Crippen LogP contribution in [0.1, 0.15) is 22.3 Å². The van der Waals surface area contributed by atoms with Gasteiger partial charge in [0, 0.05) is 0 Å². The van der Waals surface area contributed by atoms with Crippen LogP contribution in [0.4, 0.5) is 0 Å². The Balaban J connectivity index is 2.04. The number of rotatable bonds is 2. The van der Waals surface area contributed by atoms with E-state index < -0.39 is 0 Å². The summed E-state index contributed by atoms with van der Waals surface area (Å²) in [6, 6.07) is 21.7. The van der Waals surface area contributed by atoms with Crippen LogP contribution >= 0.6 is 0 Å². The fourth-order valence-corrected chi connectivity index (χ4v) is 2.98. The van der Waals surface area contributed by atoms with Crippen LogP contribution in [-0.4, -0.2) is 0 Å². The monoisotopic (exact) mass is 286 g/mol. The van der Waals surface area contributed by atoms with Crippen LogP contribution in [0.2, 0.25) is 0 Å². The zero-order chi connectivity index (χ0) is 15.7. The van der Waals surface area contributed by atoms with Gasteiger partial charge in [0.1, 0.15) is 0 Å². The first-order valence-electron chi connectivity index (χ1n) is 7.81. The summed E-state index contributed by atoms with van der Waals surface area (Å²) >= 11 is 0. The Bertz CT molecular complexity index is 794. The third-order valence-electron chi connectivity index (χ3n) is 4.78. The van der Waals surface area contributed by atoms with E-state index in [-0.39, 0.29) is 0 Å². The summed E-state index contributed by atoms with van der Waals surface area (Å²) in [7, 11) is 0. The average molecular weight is 286 g/mol. The molecule has 0 heterocycles. The molecule has 0 aliphatic carbocycles. The van der Waals surface area contributed by atoms with E-state index in [4.69, 9.17) is 0 Å². The molecule has 3 rings (SSSR count). The van der Waals surface area contributed by atoms with Crippen molar-refractivity contribution in [3.8, 4) is 22.3 Å². The van der Waals surface area contributed by atoms with Gasteiger partial charge < -0.3 is 0 Å². The van der Waals surface area contributed by atoms with E-state index in [0.717, 1.165) is 0 Å². The SMILES string of the molecule is Cc1cc(-c2ccc(-c3ccccc3)cc2)c(C)c(C)c1C. The maximum Gasteiger partial charge on any atom is -0.0149 e. The average Bonchev–Trinajstić information content (AvgIpc) is 2.57. The predicted molar refractivity (Wildman–Crippen MR) is 96.3 cm³/mol. The fraction of sp³-hybridized carbons (Fsp3) is 0.182. The Morgan fingerprint density at radius 1 is 0.500 bits per heavy atom. The van der Waals surface area contributed by atoms with Crippen LogP contribution in [0, 0.1) is 27.7 Å². The lowest BCUT2D eigenvalue weighted by molar-refractivity contribution is 1.22. The van der Waals surface area contributed by atoms with E-state index >= 15 is 0 Å². The molecule has 3 aromatic rings. The Morgan fingerprint density at radius 2 is 1.05 bits per heavy atom. The standard InChI is InChI=1S/C22H22/c1-15-14-22(18(4)17(3)16(15)2)21-12-10-20(11-13-21)19-8-6-5-7-9-19/h5-14H,1-4H3. The molecule has 0 aromatic heterocycles. The van der Waals surface area contributed by atoms with Gasteiger partial charge in [-0.25, -0.2) is 0 Å². The minimum atomic E-state index is 1.27. The molecule has 0 unspecified atom stereocenters. The molecule has 0 radical (unpaired) electrons. The van der Waals surface area contributed by atoms with E-state index in [0.29, 0.717) is 0 Å². The van der Waals surface area contributed by atoms with Gasteiger partial charge in [-0.3, -0.25) is 0 Å². The predicted octanol–water partition coefficient (Wildman–Crippen LogP) is 6.25. The minimum absolute atomic E-state index is 1.27. The fourth-order valence-electron chi connectivity index (χ4n) is 2.98. The highest BCUT2D eigenvalue weighted by Crippen LogP contribution is 2.31. The van der Waals surface area contributed by atoms with Crippen LogP contribution < -0.4 is 0 Å². The van der Waals surface area contributed by atoms with Crippen molar-refractivity contribution < 1.29 is 0 Å². The zero-order valence-electron chi connectivity index (χ0n) is 13.8. The minimum Gasteiger partial charge on any atom is -0.0622 e. The molecule has 0 saturated heterocycles. The first-order valence-corrected chi connectivity index (χ1v) is 7.81. The van der Waals surface area contributed by atoms with Crippen molar-refractivity contribution in [2.75, 3.05) is 0 Å². The topological polar surface area (TPSA) is 0 Å². The van der Waals surface area contributed by atoms with Crippen molar-refractivity contribution in [1.82, 2.24) is 0 Å². The zero-order valence-corrected chi connectivity index (χ0v) is 13.8. The van der Waals surface area contributed by atoms with Crippen molar-refractivity contribution in [3.05, 3.63) is 82.9 Å². The van der Waals surface area contributed by atoms with Gasteiger partial charge in [0.15, 0.2) is 0 Å². The van der Waals surface area contributed by atoms with Crippen molar-refractivity contribution in [2.24, 2.45) is 0 Å². The molecule has 0 N–H and O–H groups in total. The van der Waals surface area contributed by atoms with Gasteiger partial charge in [-0.1, -0.05) is 60.7 Å². The highest BCUT2D eigenvalue weighted by molar-refractivity contribution is 5.74. The van der Waals surface area contributed by atoms with Crippen molar-refractivity contribution in [2.45, 2.75) is 27.7 Å². The molecule has 0 fully saturated rings. The highest BCUT2D eigenvalue weighted by Gasteiger charge is 2.09. The Hall–Kier alpha value is -2.34. The summed E-state index contributed by atoms with van der Waals surface area (Å²) in [5.74, 6) is 0. The van der Waals surface area contributed by atoms with Gasteiger partial charge in [-0.05, 0) is 72.2 Å². The Morgan fingerprint density at radius 3 is 1.68 bits per heavy atom. The van der Waals surface area contributed by atoms with Crippen LogP contribution in [0.15, 0.2) is 60.7 Å². The van der Waals surface area contributed by atoms with Gasteiger partial charge in [0.2, 0.25) is 0 Å². The first kappa shape index (κ1) is 14.6. The second-order valence-corrected chi connectivity index (χ2v) is 6.06. The lowest BCUT2D eigenvalue weighted by Crippen LogP contribution is -1.94. The van der Waals surface area contributed by atoms with E-state index in [1.54, 1.807) is 0 Å².